The minimum atomic E-state index is -0.0522. The topological polar surface area (TPSA) is 50.7 Å². The number of nitrogens with one attached hydrogen (secondary N) is 1. The van der Waals surface area contributed by atoms with Gasteiger partial charge in [0.15, 0.2) is 0 Å². The summed E-state index contributed by atoms with van der Waals surface area (Å²) < 4.78 is 1.61. The summed E-state index contributed by atoms with van der Waals surface area (Å²) in [5.74, 6) is 0.631. The molecule has 1 aliphatic rings. The molecule has 1 aliphatic carbocycles. The molecule has 130 valence electrons. The summed E-state index contributed by atoms with van der Waals surface area (Å²) in [6.45, 7) is 0. The molecule has 4 nitrogen and oxygen atoms in total. The van der Waals surface area contributed by atoms with Gasteiger partial charge in [0.2, 0.25) is 0 Å². The first-order valence-corrected chi connectivity index (χ1v) is 9.40. The van der Waals surface area contributed by atoms with Crippen LogP contribution in [0, 0.1) is 0 Å². The van der Waals surface area contributed by atoms with E-state index in [9.17, 15) is 4.79 Å². The van der Waals surface area contributed by atoms with E-state index in [-0.39, 0.29) is 5.56 Å². The van der Waals surface area contributed by atoms with Crippen LogP contribution < -0.4 is 5.56 Å². The Kier molecular flexibility index (Phi) is 3.63. The van der Waals surface area contributed by atoms with Gasteiger partial charge in [-0.25, -0.2) is 4.68 Å². The normalized spacial score (nSPS) is 15.7. The number of hydrogen-bond acceptors (Lipinski definition) is 2. The predicted octanol–water partition coefficient (Wildman–Crippen LogP) is 4.91. The van der Waals surface area contributed by atoms with E-state index in [0.717, 1.165) is 22.1 Å². The van der Waals surface area contributed by atoms with Crippen LogP contribution in [0.2, 0.25) is 0 Å². The maximum atomic E-state index is 12.9. The Balaban J connectivity index is 1.72. The van der Waals surface area contributed by atoms with Crippen molar-refractivity contribution in [1.82, 2.24) is 14.8 Å². The lowest BCUT2D eigenvalue weighted by atomic mass is 9.83. The highest BCUT2D eigenvalue weighted by molar-refractivity contribution is 6.03. The van der Waals surface area contributed by atoms with E-state index >= 15 is 0 Å². The molecule has 2 heterocycles. The summed E-state index contributed by atoms with van der Waals surface area (Å²) in [5, 5.41) is 5.00. The van der Waals surface area contributed by atoms with Crippen LogP contribution in [0.5, 0.6) is 0 Å². The van der Waals surface area contributed by atoms with Gasteiger partial charge in [-0.3, -0.25) is 14.9 Å². The van der Waals surface area contributed by atoms with Crippen LogP contribution in [0.15, 0.2) is 59.5 Å². The van der Waals surface area contributed by atoms with E-state index < -0.39 is 0 Å². The van der Waals surface area contributed by atoms with E-state index in [2.05, 4.69) is 28.3 Å². The lowest BCUT2D eigenvalue weighted by Gasteiger charge is -2.22. The number of H-pyrrole nitrogens is 1. The lowest BCUT2D eigenvalue weighted by Crippen LogP contribution is -2.13. The number of aromatic nitrogens is 3. The van der Waals surface area contributed by atoms with E-state index in [1.807, 2.05) is 30.3 Å². The minimum absolute atomic E-state index is 0.0522. The summed E-state index contributed by atoms with van der Waals surface area (Å²) in [5.41, 5.74) is 3.97. The fourth-order valence-electron chi connectivity index (χ4n) is 4.22. The molecule has 0 unspecified atom stereocenters. The molecule has 26 heavy (non-hydrogen) atoms. The van der Waals surface area contributed by atoms with Crippen LogP contribution in [-0.2, 0) is 0 Å². The second-order valence-corrected chi connectivity index (χ2v) is 7.25. The molecular weight excluding hydrogens is 322 g/mol. The summed E-state index contributed by atoms with van der Waals surface area (Å²) in [4.78, 5) is 17.4. The van der Waals surface area contributed by atoms with Crippen molar-refractivity contribution >= 4 is 21.8 Å². The first-order valence-electron chi connectivity index (χ1n) is 9.40. The fraction of sp³-hybridized carbons (Fsp3) is 0.273. The molecule has 0 atom stereocenters. The lowest BCUT2D eigenvalue weighted by molar-refractivity contribution is 0.444. The highest BCUT2D eigenvalue weighted by Crippen LogP contribution is 2.34. The Morgan fingerprint density at radius 1 is 0.962 bits per heavy atom. The number of rotatable bonds is 2. The van der Waals surface area contributed by atoms with Crippen LogP contribution >= 0.6 is 0 Å². The van der Waals surface area contributed by atoms with Crippen molar-refractivity contribution in [2.75, 3.05) is 0 Å². The minimum Gasteiger partial charge on any atom is -0.290 e. The van der Waals surface area contributed by atoms with Gasteiger partial charge in [-0.05, 0) is 48.6 Å². The Morgan fingerprint density at radius 3 is 2.58 bits per heavy atom. The van der Waals surface area contributed by atoms with Crippen LogP contribution in [-0.4, -0.2) is 14.8 Å². The molecule has 4 heteroatoms. The van der Waals surface area contributed by atoms with Crippen LogP contribution in [0.25, 0.3) is 27.5 Å². The molecule has 0 aliphatic heterocycles. The van der Waals surface area contributed by atoms with Gasteiger partial charge in [-0.1, -0.05) is 43.5 Å². The van der Waals surface area contributed by atoms with E-state index in [0.29, 0.717) is 11.3 Å². The van der Waals surface area contributed by atoms with E-state index in [4.69, 9.17) is 0 Å². The first kappa shape index (κ1) is 15.4. The van der Waals surface area contributed by atoms with Crippen LogP contribution in [0.1, 0.15) is 43.6 Å². The molecule has 5 rings (SSSR count). The molecule has 1 saturated carbocycles. The molecular formula is C22H21N3O. The smallest absolute Gasteiger partial charge is 0.280 e. The quantitative estimate of drug-likeness (QED) is 0.562. The third-order valence-electron chi connectivity index (χ3n) is 5.64. The van der Waals surface area contributed by atoms with Gasteiger partial charge in [0.25, 0.3) is 5.56 Å². The second-order valence-electron chi connectivity index (χ2n) is 7.25. The van der Waals surface area contributed by atoms with Crippen molar-refractivity contribution in [1.29, 1.82) is 0 Å². The van der Waals surface area contributed by atoms with Crippen molar-refractivity contribution in [2.24, 2.45) is 0 Å². The third-order valence-corrected chi connectivity index (χ3v) is 5.64. The number of hydrogen-bond donors (Lipinski definition) is 1. The first-order chi connectivity index (χ1) is 12.8. The maximum absolute atomic E-state index is 12.9. The van der Waals surface area contributed by atoms with E-state index in [1.54, 1.807) is 10.9 Å². The fourth-order valence-corrected chi connectivity index (χ4v) is 4.22. The van der Waals surface area contributed by atoms with Gasteiger partial charge in [0, 0.05) is 11.6 Å². The molecule has 1 N–H and O–H groups in total. The van der Waals surface area contributed by atoms with Gasteiger partial charge < -0.3 is 0 Å². The van der Waals surface area contributed by atoms with Crippen LogP contribution in [0.4, 0.5) is 0 Å². The molecule has 0 radical (unpaired) electrons. The van der Waals surface area contributed by atoms with Gasteiger partial charge in [0.1, 0.15) is 0 Å². The molecule has 0 spiro atoms. The van der Waals surface area contributed by atoms with Gasteiger partial charge in [-0.2, -0.15) is 0 Å². The van der Waals surface area contributed by atoms with E-state index in [1.165, 1.54) is 37.7 Å². The molecule has 0 amide bonds. The average Bonchev–Trinajstić information content (AvgIpc) is 3.06. The SMILES string of the molecule is O=c1c2cnc3ccc(C4CCCCC4)cc3c2[nH]n1-c1ccccc1. The standard InChI is InChI=1S/C22H21N3O/c26-22-19-14-23-20-12-11-16(15-7-3-1-4-8-15)13-18(20)21(19)24-25(22)17-9-5-2-6-10-17/h2,5-6,9-15,24H,1,3-4,7-8H2. The summed E-state index contributed by atoms with van der Waals surface area (Å²) in [7, 11) is 0. The number of nitrogens with zero attached hydrogens (tertiary/aromatic N) is 2. The predicted molar refractivity (Wildman–Crippen MR) is 105 cm³/mol. The molecule has 0 bridgehead atoms. The van der Waals surface area contributed by atoms with Crippen LogP contribution in [0.3, 0.4) is 0 Å². The molecule has 2 aromatic carbocycles. The summed E-state index contributed by atoms with van der Waals surface area (Å²) in [6, 6.07) is 16.2. The number of aromatic amines is 1. The third kappa shape index (κ3) is 2.45. The highest BCUT2D eigenvalue weighted by atomic mass is 16.1. The average molecular weight is 343 g/mol. The van der Waals surface area contributed by atoms with Gasteiger partial charge >= 0.3 is 0 Å². The van der Waals surface area contributed by atoms with Crippen molar-refractivity contribution in [3.63, 3.8) is 0 Å². The zero-order valence-corrected chi connectivity index (χ0v) is 14.6. The number of fused-ring (bicyclic) bond motifs is 3. The highest BCUT2D eigenvalue weighted by Gasteiger charge is 2.17. The Bertz CT molecular complexity index is 1130. The van der Waals surface area contributed by atoms with Gasteiger partial charge in [0.05, 0.1) is 22.1 Å². The monoisotopic (exact) mass is 343 g/mol. The molecule has 0 saturated heterocycles. The van der Waals surface area contributed by atoms with Gasteiger partial charge in [-0.15, -0.1) is 0 Å². The Labute approximate surface area is 151 Å². The van der Waals surface area contributed by atoms with Crippen molar-refractivity contribution < 1.29 is 0 Å². The largest absolute Gasteiger partial charge is 0.290 e. The molecule has 2 aromatic heterocycles. The number of benzene rings is 2. The zero-order chi connectivity index (χ0) is 17.5. The summed E-state index contributed by atoms with van der Waals surface area (Å²) >= 11 is 0. The maximum Gasteiger partial charge on any atom is 0.280 e. The van der Waals surface area contributed by atoms with Crippen molar-refractivity contribution in [3.8, 4) is 5.69 Å². The Hall–Kier alpha value is -2.88. The number of pyridine rings is 1. The molecule has 4 aromatic rings. The molecule has 1 fully saturated rings. The Morgan fingerprint density at radius 2 is 1.77 bits per heavy atom. The second kappa shape index (κ2) is 6.13. The van der Waals surface area contributed by atoms with Crippen molar-refractivity contribution in [2.45, 2.75) is 38.0 Å². The zero-order valence-electron chi connectivity index (χ0n) is 14.6. The number of para-hydroxylation sites is 1. The summed E-state index contributed by atoms with van der Waals surface area (Å²) in [6.07, 6.45) is 8.19. The van der Waals surface area contributed by atoms with Crippen molar-refractivity contribution in [3.05, 3.63) is 70.6 Å².